The van der Waals surface area contributed by atoms with Crippen molar-refractivity contribution >= 4 is 22.6 Å². The van der Waals surface area contributed by atoms with Crippen molar-refractivity contribution in [1.29, 1.82) is 0 Å². The maximum absolute atomic E-state index is 12.8. The Morgan fingerprint density at radius 2 is 1.90 bits per heavy atom. The smallest absolute Gasteiger partial charge is 0.321 e. The Balaban J connectivity index is 2.75. The van der Waals surface area contributed by atoms with Gasteiger partial charge in [0.1, 0.15) is 5.82 Å². The molecule has 21 heavy (non-hydrogen) atoms. The Morgan fingerprint density at radius 1 is 1.29 bits per heavy atom. The molecular weight excluding hydrogens is 301 g/mol. The molecule has 2 rings (SSSR count). The number of nitrogens with zero attached hydrogens (tertiary/aromatic N) is 2. The van der Waals surface area contributed by atoms with Crippen LogP contribution >= 0.6 is 11.6 Å². The van der Waals surface area contributed by atoms with Crippen LogP contribution in [0.5, 0.6) is 0 Å². The number of hydrogen-bond acceptors (Lipinski definition) is 1. The molecule has 0 saturated heterocycles. The second kappa shape index (κ2) is 5.20. The summed E-state index contributed by atoms with van der Waals surface area (Å²) < 4.78 is 40.4. The van der Waals surface area contributed by atoms with Crippen LogP contribution in [0, 0.1) is 0 Å². The molecule has 0 fully saturated rings. The normalized spacial score (nSPS) is 14.7. The van der Waals surface area contributed by atoms with E-state index in [4.69, 9.17) is 11.6 Å². The summed E-state index contributed by atoms with van der Waals surface area (Å²) in [5.41, 5.74) is 0.0430. The van der Waals surface area contributed by atoms with Crippen LogP contribution in [0.3, 0.4) is 0 Å². The Morgan fingerprint density at radius 3 is 2.38 bits per heavy atom. The Bertz CT molecular complexity index is 657. The topological polar surface area (TPSA) is 17.8 Å². The van der Waals surface area contributed by atoms with E-state index in [1.54, 1.807) is 6.92 Å². The minimum Gasteiger partial charge on any atom is -0.321 e. The van der Waals surface area contributed by atoms with Gasteiger partial charge in [-0.1, -0.05) is 6.92 Å². The van der Waals surface area contributed by atoms with Crippen LogP contribution in [0.2, 0.25) is 0 Å². The third-order valence-corrected chi connectivity index (χ3v) is 4.03. The fourth-order valence-corrected chi connectivity index (χ4v) is 2.48. The van der Waals surface area contributed by atoms with E-state index in [0.717, 1.165) is 18.6 Å². The van der Waals surface area contributed by atoms with E-state index in [2.05, 4.69) is 4.98 Å². The zero-order chi connectivity index (χ0) is 16.0. The lowest BCUT2D eigenvalue weighted by molar-refractivity contribution is -0.137. The van der Waals surface area contributed by atoms with Crippen molar-refractivity contribution in [3.8, 4) is 0 Å². The molecule has 1 atom stereocenters. The summed E-state index contributed by atoms with van der Waals surface area (Å²) in [6.07, 6.45) is -3.55. The molecular formula is C15H18ClF3N2. The number of halogens is 4. The van der Waals surface area contributed by atoms with E-state index < -0.39 is 11.7 Å². The van der Waals surface area contributed by atoms with Gasteiger partial charge in [0.25, 0.3) is 0 Å². The van der Waals surface area contributed by atoms with Crippen molar-refractivity contribution in [3.05, 3.63) is 29.6 Å². The van der Waals surface area contributed by atoms with Crippen LogP contribution in [-0.4, -0.2) is 9.55 Å². The van der Waals surface area contributed by atoms with Crippen LogP contribution in [-0.2, 0) is 11.7 Å². The lowest BCUT2D eigenvalue weighted by atomic mass is 10.0. The molecule has 0 bridgehead atoms. The highest BCUT2D eigenvalue weighted by atomic mass is 35.5. The first kappa shape index (κ1) is 16.1. The monoisotopic (exact) mass is 318 g/mol. The first-order valence-corrected chi connectivity index (χ1v) is 7.25. The fourth-order valence-electron chi connectivity index (χ4n) is 2.34. The van der Waals surface area contributed by atoms with Crippen molar-refractivity contribution in [2.24, 2.45) is 0 Å². The van der Waals surface area contributed by atoms with E-state index in [1.165, 1.54) is 6.07 Å². The van der Waals surface area contributed by atoms with Crippen molar-refractivity contribution < 1.29 is 13.2 Å². The van der Waals surface area contributed by atoms with Gasteiger partial charge in [-0.15, -0.1) is 11.6 Å². The molecule has 0 aliphatic heterocycles. The van der Waals surface area contributed by atoms with Crippen LogP contribution in [0.1, 0.15) is 50.9 Å². The minimum absolute atomic E-state index is 0.271. The van der Waals surface area contributed by atoms with E-state index in [9.17, 15) is 13.2 Å². The van der Waals surface area contributed by atoms with Crippen molar-refractivity contribution in [2.45, 2.75) is 51.2 Å². The number of rotatable bonds is 3. The molecule has 0 radical (unpaired) electrons. The van der Waals surface area contributed by atoms with Crippen LogP contribution < -0.4 is 0 Å². The summed E-state index contributed by atoms with van der Waals surface area (Å²) >= 11 is 6.17. The number of aromatic nitrogens is 2. The van der Waals surface area contributed by atoms with Crippen LogP contribution in [0.25, 0.3) is 11.0 Å². The van der Waals surface area contributed by atoms with E-state index in [0.29, 0.717) is 16.9 Å². The summed E-state index contributed by atoms with van der Waals surface area (Å²) in [7, 11) is 0. The molecule has 2 nitrogen and oxygen atoms in total. The number of hydrogen-bond donors (Lipinski definition) is 0. The molecule has 1 aromatic heterocycles. The van der Waals surface area contributed by atoms with Gasteiger partial charge in [-0.2, -0.15) is 13.2 Å². The van der Waals surface area contributed by atoms with Gasteiger partial charge >= 0.3 is 6.18 Å². The zero-order valence-corrected chi connectivity index (χ0v) is 13.2. The third kappa shape index (κ3) is 2.89. The largest absolute Gasteiger partial charge is 0.416 e. The van der Waals surface area contributed by atoms with Gasteiger partial charge in [0, 0.05) is 5.54 Å². The van der Waals surface area contributed by atoms with Gasteiger partial charge in [0.15, 0.2) is 0 Å². The average Bonchev–Trinajstić information content (AvgIpc) is 2.76. The SMILES string of the molecule is CCC(C)(C)n1c(C(C)Cl)nc2cc(C(F)(F)F)ccc21. The average molecular weight is 319 g/mol. The second-order valence-corrected chi connectivity index (χ2v) is 6.44. The summed E-state index contributed by atoms with van der Waals surface area (Å²) in [6, 6.07) is 3.65. The maximum atomic E-state index is 12.8. The summed E-state index contributed by atoms with van der Waals surface area (Å²) in [5.74, 6) is 0.595. The van der Waals surface area contributed by atoms with Gasteiger partial charge in [-0.3, -0.25) is 0 Å². The number of fused-ring (bicyclic) bond motifs is 1. The van der Waals surface area contributed by atoms with E-state index in [-0.39, 0.29) is 10.9 Å². The molecule has 1 unspecified atom stereocenters. The van der Waals surface area contributed by atoms with Crippen LogP contribution in [0.15, 0.2) is 18.2 Å². The van der Waals surface area contributed by atoms with Crippen molar-refractivity contribution in [1.82, 2.24) is 9.55 Å². The first-order chi connectivity index (χ1) is 9.58. The fraction of sp³-hybridized carbons (Fsp3) is 0.533. The Hall–Kier alpha value is -1.23. The third-order valence-electron chi connectivity index (χ3n) is 3.83. The molecule has 0 aliphatic carbocycles. The molecule has 1 heterocycles. The second-order valence-electron chi connectivity index (χ2n) is 5.79. The van der Waals surface area contributed by atoms with Crippen molar-refractivity contribution in [3.63, 3.8) is 0 Å². The summed E-state index contributed by atoms with van der Waals surface area (Å²) in [6.45, 7) is 7.84. The summed E-state index contributed by atoms with van der Waals surface area (Å²) in [5, 5.41) is -0.377. The number of alkyl halides is 4. The number of imidazole rings is 1. The highest BCUT2D eigenvalue weighted by Crippen LogP contribution is 2.36. The highest BCUT2D eigenvalue weighted by molar-refractivity contribution is 6.20. The molecule has 116 valence electrons. The standard InChI is InChI=1S/C15H18ClF3N2/c1-5-14(3,4)21-12-7-6-10(15(17,18)19)8-11(12)20-13(21)9(2)16/h6-9H,5H2,1-4H3. The molecule has 0 spiro atoms. The predicted octanol–water partition coefficient (Wildman–Crippen LogP) is 5.50. The van der Waals surface area contributed by atoms with Gasteiger partial charge in [-0.05, 0) is 45.4 Å². The molecule has 0 saturated carbocycles. The van der Waals surface area contributed by atoms with Gasteiger partial charge in [-0.25, -0.2) is 4.98 Å². The predicted molar refractivity (Wildman–Crippen MR) is 78.6 cm³/mol. The lowest BCUT2D eigenvalue weighted by Gasteiger charge is -2.28. The maximum Gasteiger partial charge on any atom is 0.416 e. The molecule has 1 aromatic carbocycles. The van der Waals surface area contributed by atoms with Gasteiger partial charge in [0.05, 0.1) is 22.0 Å². The molecule has 6 heteroatoms. The van der Waals surface area contributed by atoms with Crippen molar-refractivity contribution in [2.75, 3.05) is 0 Å². The zero-order valence-electron chi connectivity index (χ0n) is 12.4. The Labute approximate surface area is 126 Å². The van der Waals surface area contributed by atoms with Gasteiger partial charge < -0.3 is 4.57 Å². The highest BCUT2D eigenvalue weighted by Gasteiger charge is 2.32. The van der Waals surface area contributed by atoms with Crippen LogP contribution in [0.4, 0.5) is 13.2 Å². The minimum atomic E-state index is -4.37. The number of benzene rings is 1. The lowest BCUT2D eigenvalue weighted by Crippen LogP contribution is -2.27. The Kier molecular flexibility index (Phi) is 4.00. The molecule has 0 N–H and O–H groups in total. The van der Waals surface area contributed by atoms with E-state index in [1.807, 2.05) is 25.3 Å². The molecule has 0 aliphatic rings. The first-order valence-electron chi connectivity index (χ1n) is 6.82. The van der Waals surface area contributed by atoms with Gasteiger partial charge in [0.2, 0.25) is 0 Å². The molecule has 0 amide bonds. The van der Waals surface area contributed by atoms with E-state index >= 15 is 0 Å². The molecule has 2 aromatic rings. The summed E-state index contributed by atoms with van der Waals surface area (Å²) in [4.78, 5) is 4.33. The quantitative estimate of drug-likeness (QED) is 0.683.